The van der Waals surface area contributed by atoms with Crippen LogP contribution in [0.25, 0.3) is 70.0 Å². The Morgan fingerprint density at radius 3 is 1.90 bits per heavy atom. The molecule has 0 atom stereocenters. The van der Waals surface area contributed by atoms with Crippen LogP contribution in [-0.4, -0.2) is 16.2 Å². The number of rotatable bonds is 7. The summed E-state index contributed by atoms with van der Waals surface area (Å²) in [5, 5.41) is 4.92. The highest BCUT2D eigenvalue weighted by molar-refractivity contribution is 7.27. The lowest BCUT2D eigenvalue weighted by molar-refractivity contribution is 0.479. The summed E-state index contributed by atoms with van der Waals surface area (Å²) < 4.78 is 12.0. The highest BCUT2D eigenvalue weighted by Gasteiger charge is 2.32. The smallest absolute Gasteiger partial charge is 0.137 e. The van der Waals surface area contributed by atoms with E-state index in [1.165, 1.54) is 75.5 Å². The molecular weight excluding hydrogens is 849 g/mol. The van der Waals surface area contributed by atoms with E-state index in [4.69, 9.17) is 9.72 Å². The summed E-state index contributed by atoms with van der Waals surface area (Å²) in [6.07, 6.45) is 1.96. The molecular formula is C62H52N4OS. The standard InChI is InChI=1S/C62H52N4OS/c1-61(2,3)43-32-33-63-56(36-43)66-54-38-46(29-30-51(54)60-59(66)57-48-23-14-13-22-42(48)28-31-55(57)68-60)67-47-35-44(62(4,5)6)34-45(37-47)64-39-65(53-27-16-15-26-52(53)64)58-49(40-18-9-7-10-19-40)24-17-25-50(58)41-20-11-8-12-21-41/h7-38H,39H2,1-6H3. The summed E-state index contributed by atoms with van der Waals surface area (Å²) in [4.78, 5) is 10.0. The van der Waals surface area contributed by atoms with Gasteiger partial charge in [-0.1, -0.05) is 163 Å². The minimum Gasteiger partial charge on any atom is -0.457 e. The lowest BCUT2D eigenvalue weighted by Crippen LogP contribution is -2.25. The molecule has 0 N–H and O–H groups in total. The van der Waals surface area contributed by atoms with E-state index in [1.54, 1.807) is 0 Å². The number of hydrogen-bond donors (Lipinski definition) is 0. The molecule has 0 unspecified atom stereocenters. The van der Waals surface area contributed by atoms with Gasteiger partial charge in [0.1, 0.15) is 24.0 Å². The first-order valence-electron chi connectivity index (χ1n) is 23.5. The predicted molar refractivity (Wildman–Crippen MR) is 288 cm³/mol. The molecule has 11 aromatic rings. The maximum absolute atomic E-state index is 7.10. The number of aromatic nitrogens is 2. The topological polar surface area (TPSA) is 33.5 Å². The number of pyridine rings is 1. The van der Waals surface area contributed by atoms with Gasteiger partial charge >= 0.3 is 0 Å². The van der Waals surface area contributed by atoms with Crippen LogP contribution >= 0.6 is 11.3 Å². The van der Waals surface area contributed by atoms with E-state index < -0.39 is 0 Å². The molecule has 4 heterocycles. The summed E-state index contributed by atoms with van der Waals surface area (Å²) in [7, 11) is 0. The number of anilines is 4. The van der Waals surface area contributed by atoms with Gasteiger partial charge in [0.25, 0.3) is 0 Å². The number of hydrogen-bond acceptors (Lipinski definition) is 5. The van der Waals surface area contributed by atoms with Crippen LogP contribution in [0.4, 0.5) is 22.7 Å². The Morgan fingerprint density at radius 1 is 0.529 bits per heavy atom. The van der Waals surface area contributed by atoms with Crippen molar-refractivity contribution in [3.8, 4) is 39.6 Å². The number of fused-ring (bicyclic) bond motifs is 8. The van der Waals surface area contributed by atoms with Gasteiger partial charge in [0, 0.05) is 50.6 Å². The maximum atomic E-state index is 7.10. The molecule has 0 fully saturated rings. The average molecular weight is 901 g/mol. The van der Waals surface area contributed by atoms with E-state index in [9.17, 15) is 0 Å². The van der Waals surface area contributed by atoms with Crippen molar-refractivity contribution in [2.24, 2.45) is 0 Å². The minimum absolute atomic E-state index is 0.0461. The average Bonchev–Trinajstić information content (AvgIpc) is 4.03. The third-order valence-corrected chi connectivity index (χ3v) is 14.8. The second kappa shape index (κ2) is 16.0. The van der Waals surface area contributed by atoms with Crippen molar-refractivity contribution < 1.29 is 4.74 Å². The zero-order valence-electron chi connectivity index (χ0n) is 39.3. The van der Waals surface area contributed by atoms with E-state index in [0.29, 0.717) is 6.67 Å². The molecule has 1 aliphatic heterocycles. The van der Waals surface area contributed by atoms with E-state index in [-0.39, 0.29) is 10.8 Å². The van der Waals surface area contributed by atoms with Crippen LogP contribution in [0, 0.1) is 0 Å². The van der Waals surface area contributed by atoms with Crippen molar-refractivity contribution in [2.45, 2.75) is 52.4 Å². The summed E-state index contributed by atoms with van der Waals surface area (Å²) in [6.45, 7) is 14.2. The van der Waals surface area contributed by atoms with Gasteiger partial charge in [0.15, 0.2) is 0 Å². The molecule has 0 radical (unpaired) electrons. The van der Waals surface area contributed by atoms with Crippen molar-refractivity contribution in [1.82, 2.24) is 9.55 Å². The third kappa shape index (κ3) is 7.10. The summed E-state index contributed by atoms with van der Waals surface area (Å²) in [5.74, 6) is 2.47. The van der Waals surface area contributed by atoms with Crippen molar-refractivity contribution >= 4 is 76.1 Å². The number of benzene rings is 8. The van der Waals surface area contributed by atoms with Gasteiger partial charge in [-0.25, -0.2) is 4.98 Å². The van der Waals surface area contributed by atoms with Gasteiger partial charge < -0.3 is 14.5 Å². The molecule has 0 aliphatic carbocycles. The van der Waals surface area contributed by atoms with E-state index in [2.05, 4.69) is 244 Å². The van der Waals surface area contributed by atoms with Crippen LogP contribution in [0.3, 0.4) is 0 Å². The van der Waals surface area contributed by atoms with Crippen LogP contribution in [0.5, 0.6) is 11.5 Å². The Morgan fingerprint density at radius 2 is 1.19 bits per heavy atom. The molecule has 3 aromatic heterocycles. The maximum Gasteiger partial charge on any atom is 0.137 e. The van der Waals surface area contributed by atoms with Crippen LogP contribution in [0.1, 0.15) is 52.7 Å². The first-order chi connectivity index (χ1) is 33.0. The molecule has 0 spiro atoms. The second-order valence-electron chi connectivity index (χ2n) is 20.1. The van der Waals surface area contributed by atoms with Gasteiger partial charge in [-0.2, -0.15) is 0 Å². The lowest BCUT2D eigenvalue weighted by Gasteiger charge is -2.28. The number of ether oxygens (including phenoxy) is 1. The fraction of sp³-hybridized carbons (Fsp3) is 0.145. The molecule has 12 rings (SSSR count). The molecule has 0 amide bonds. The molecule has 0 bridgehead atoms. The highest BCUT2D eigenvalue weighted by Crippen LogP contribution is 2.51. The SMILES string of the molecule is CC(C)(C)c1cc(Oc2ccc3c4sc5ccc6ccccc6c5c4n(-c4cc(C(C)(C)C)ccn4)c3c2)cc(N2CN(c3c(-c4ccccc4)cccc3-c3ccccc3)c3ccccc32)c1. The third-order valence-electron chi connectivity index (χ3n) is 13.6. The Bertz CT molecular complexity index is 3670. The molecule has 8 aromatic carbocycles. The molecule has 68 heavy (non-hydrogen) atoms. The van der Waals surface area contributed by atoms with E-state index in [1.807, 2.05) is 17.5 Å². The van der Waals surface area contributed by atoms with E-state index in [0.717, 1.165) is 39.9 Å². The molecule has 0 saturated heterocycles. The Hall–Kier alpha value is -7.67. The second-order valence-corrected chi connectivity index (χ2v) is 21.1. The molecule has 5 nitrogen and oxygen atoms in total. The molecule has 0 saturated carbocycles. The van der Waals surface area contributed by atoms with E-state index >= 15 is 0 Å². The first-order valence-corrected chi connectivity index (χ1v) is 24.4. The molecule has 1 aliphatic rings. The van der Waals surface area contributed by atoms with Gasteiger partial charge in [0.05, 0.1) is 32.8 Å². The van der Waals surface area contributed by atoms with Crippen LogP contribution < -0.4 is 14.5 Å². The van der Waals surface area contributed by atoms with Gasteiger partial charge in [-0.05, 0) is 98.5 Å². The lowest BCUT2D eigenvalue weighted by atomic mass is 9.86. The Labute approximate surface area is 402 Å². The van der Waals surface area contributed by atoms with Crippen molar-refractivity contribution in [3.05, 3.63) is 205 Å². The quantitative estimate of drug-likeness (QED) is 0.160. The highest BCUT2D eigenvalue weighted by atomic mass is 32.1. The summed E-state index contributed by atoms with van der Waals surface area (Å²) in [5.41, 5.74) is 13.8. The fourth-order valence-electron chi connectivity index (χ4n) is 10.1. The molecule has 6 heteroatoms. The fourth-order valence-corrected chi connectivity index (χ4v) is 11.3. The normalized spacial score (nSPS) is 13.0. The van der Waals surface area contributed by atoms with Crippen LogP contribution in [0.2, 0.25) is 0 Å². The van der Waals surface area contributed by atoms with Gasteiger partial charge in [-0.3, -0.25) is 4.57 Å². The van der Waals surface area contributed by atoms with Crippen LogP contribution in [-0.2, 0) is 10.8 Å². The van der Waals surface area contributed by atoms with Crippen molar-refractivity contribution in [3.63, 3.8) is 0 Å². The minimum atomic E-state index is -0.149. The summed E-state index contributed by atoms with van der Waals surface area (Å²) in [6, 6.07) is 68.1. The van der Waals surface area contributed by atoms with Crippen LogP contribution in [0.15, 0.2) is 194 Å². The number of para-hydroxylation sites is 3. The van der Waals surface area contributed by atoms with Crippen molar-refractivity contribution in [2.75, 3.05) is 16.5 Å². The van der Waals surface area contributed by atoms with Gasteiger partial charge in [-0.15, -0.1) is 11.3 Å². The largest absolute Gasteiger partial charge is 0.457 e. The number of nitrogens with zero attached hydrogens (tertiary/aromatic N) is 4. The zero-order valence-corrected chi connectivity index (χ0v) is 40.1. The van der Waals surface area contributed by atoms with Gasteiger partial charge in [0.2, 0.25) is 0 Å². The first kappa shape index (κ1) is 41.7. The zero-order chi connectivity index (χ0) is 46.3. The Kier molecular flexibility index (Phi) is 9.82. The number of thiophene rings is 1. The Balaban J connectivity index is 1.00. The monoisotopic (exact) mass is 900 g/mol. The molecule has 332 valence electrons. The van der Waals surface area contributed by atoms with Crippen molar-refractivity contribution in [1.29, 1.82) is 0 Å². The summed E-state index contributed by atoms with van der Waals surface area (Å²) >= 11 is 1.85. The predicted octanol–water partition coefficient (Wildman–Crippen LogP) is 17.5.